The zero-order chi connectivity index (χ0) is 19.3. The molecule has 7 nitrogen and oxygen atoms in total. The lowest BCUT2D eigenvalue weighted by atomic mass is 10.1. The predicted octanol–water partition coefficient (Wildman–Crippen LogP) is 3.11. The van der Waals surface area contributed by atoms with Crippen LogP contribution >= 0.6 is 0 Å². The third-order valence-electron chi connectivity index (χ3n) is 3.66. The molecule has 1 aromatic heterocycles. The first-order valence-corrected chi connectivity index (χ1v) is 9.75. The van der Waals surface area contributed by atoms with Crippen molar-refractivity contribution in [1.82, 2.24) is 9.88 Å². The highest BCUT2D eigenvalue weighted by atomic mass is 32.2. The summed E-state index contributed by atoms with van der Waals surface area (Å²) in [5.74, 6) is 0.170. The van der Waals surface area contributed by atoms with Crippen LogP contribution in [0.3, 0.4) is 0 Å². The van der Waals surface area contributed by atoms with Crippen LogP contribution in [0.5, 0.6) is 0 Å². The van der Waals surface area contributed by atoms with E-state index in [1.54, 1.807) is 38.1 Å². The van der Waals surface area contributed by atoms with Gasteiger partial charge in [0.2, 0.25) is 15.9 Å². The average molecular weight is 377 g/mol. The number of rotatable bonds is 7. The van der Waals surface area contributed by atoms with Crippen molar-refractivity contribution in [2.75, 3.05) is 11.9 Å². The Morgan fingerprint density at radius 1 is 1.27 bits per heavy atom. The second-order valence-electron chi connectivity index (χ2n) is 5.94. The van der Waals surface area contributed by atoms with Gasteiger partial charge in [0.1, 0.15) is 11.4 Å². The van der Waals surface area contributed by atoms with Gasteiger partial charge in [-0.05, 0) is 43.5 Å². The SMILES string of the molecule is CCCNS(=O)(=O)c1cc(/C=C\c2onc(C)c2NC(C)=O)ccc1C. The second kappa shape index (κ2) is 8.29. The van der Waals surface area contributed by atoms with E-state index < -0.39 is 10.0 Å². The number of hydrogen-bond donors (Lipinski definition) is 2. The Balaban J connectivity index is 2.33. The van der Waals surface area contributed by atoms with Crippen molar-refractivity contribution < 1.29 is 17.7 Å². The van der Waals surface area contributed by atoms with Gasteiger partial charge in [0.05, 0.1) is 4.90 Å². The standard InChI is InChI=1S/C18H23N3O4S/c1-5-10-19-26(23,24)17-11-15(7-6-12(17)2)8-9-16-18(20-14(4)22)13(3)21-25-16/h6-9,11,19H,5,10H2,1-4H3,(H,20,22)/b9-8-. The highest BCUT2D eigenvalue weighted by Crippen LogP contribution is 2.23. The Kier molecular flexibility index (Phi) is 6.33. The van der Waals surface area contributed by atoms with Crippen molar-refractivity contribution in [2.24, 2.45) is 0 Å². The fraction of sp³-hybridized carbons (Fsp3) is 0.333. The molecule has 140 valence electrons. The van der Waals surface area contributed by atoms with Crippen LogP contribution in [-0.4, -0.2) is 26.0 Å². The quantitative estimate of drug-likeness (QED) is 0.772. The highest BCUT2D eigenvalue weighted by Gasteiger charge is 2.16. The Hall–Kier alpha value is -2.45. The van der Waals surface area contributed by atoms with Crippen molar-refractivity contribution in [3.63, 3.8) is 0 Å². The molecule has 0 aliphatic rings. The van der Waals surface area contributed by atoms with Crippen LogP contribution in [0.2, 0.25) is 0 Å². The van der Waals surface area contributed by atoms with E-state index in [0.29, 0.717) is 41.2 Å². The molecule has 1 heterocycles. The second-order valence-corrected chi connectivity index (χ2v) is 7.68. The number of nitrogens with one attached hydrogen (secondary N) is 2. The minimum atomic E-state index is -3.56. The molecule has 0 radical (unpaired) electrons. The summed E-state index contributed by atoms with van der Waals surface area (Å²) in [6.07, 6.45) is 4.07. The summed E-state index contributed by atoms with van der Waals surface area (Å²) in [5.41, 5.74) is 2.42. The molecular formula is C18H23N3O4S. The van der Waals surface area contributed by atoms with E-state index in [4.69, 9.17) is 4.52 Å². The fourth-order valence-corrected chi connectivity index (χ4v) is 3.74. The minimum absolute atomic E-state index is 0.225. The molecule has 8 heteroatoms. The molecule has 2 N–H and O–H groups in total. The Morgan fingerprint density at radius 2 is 2.00 bits per heavy atom. The monoisotopic (exact) mass is 377 g/mol. The number of carbonyl (C=O) groups is 1. The molecule has 0 spiro atoms. The number of aromatic nitrogens is 1. The molecule has 0 unspecified atom stereocenters. The van der Waals surface area contributed by atoms with Gasteiger partial charge in [0.15, 0.2) is 5.76 Å². The molecule has 26 heavy (non-hydrogen) atoms. The Morgan fingerprint density at radius 3 is 2.65 bits per heavy atom. The molecule has 2 aromatic rings. The van der Waals surface area contributed by atoms with Crippen molar-refractivity contribution in [3.05, 3.63) is 40.8 Å². The van der Waals surface area contributed by atoms with Crippen molar-refractivity contribution in [3.8, 4) is 0 Å². The summed E-state index contributed by atoms with van der Waals surface area (Å²) in [6, 6.07) is 5.16. The van der Waals surface area contributed by atoms with Crippen LogP contribution < -0.4 is 10.0 Å². The Labute approximate surface area is 153 Å². The maximum absolute atomic E-state index is 12.4. The summed E-state index contributed by atoms with van der Waals surface area (Å²) in [4.78, 5) is 11.5. The van der Waals surface area contributed by atoms with E-state index >= 15 is 0 Å². The van der Waals surface area contributed by atoms with Gasteiger partial charge in [0, 0.05) is 13.5 Å². The van der Waals surface area contributed by atoms with Crippen molar-refractivity contribution >= 4 is 33.8 Å². The zero-order valence-electron chi connectivity index (χ0n) is 15.3. The third-order valence-corrected chi connectivity index (χ3v) is 5.26. The van der Waals surface area contributed by atoms with E-state index in [1.807, 2.05) is 13.0 Å². The molecule has 0 atom stereocenters. The molecule has 0 aliphatic carbocycles. The number of benzene rings is 1. The first kappa shape index (κ1) is 19.9. The largest absolute Gasteiger partial charge is 0.354 e. The van der Waals surface area contributed by atoms with E-state index in [9.17, 15) is 13.2 Å². The number of amides is 1. The molecule has 1 aromatic carbocycles. The number of anilines is 1. The molecule has 1 amide bonds. The van der Waals surface area contributed by atoms with E-state index in [0.717, 1.165) is 0 Å². The summed E-state index contributed by atoms with van der Waals surface area (Å²) in [5, 5.41) is 6.51. The zero-order valence-corrected chi connectivity index (χ0v) is 16.1. The summed E-state index contributed by atoms with van der Waals surface area (Å²) >= 11 is 0. The van der Waals surface area contributed by atoms with Crippen molar-refractivity contribution in [1.29, 1.82) is 0 Å². The maximum Gasteiger partial charge on any atom is 0.240 e. The number of sulfonamides is 1. The molecule has 0 saturated carbocycles. The van der Waals surface area contributed by atoms with Crippen LogP contribution in [0.15, 0.2) is 27.6 Å². The van der Waals surface area contributed by atoms with Gasteiger partial charge >= 0.3 is 0 Å². The lowest BCUT2D eigenvalue weighted by Crippen LogP contribution is -2.25. The summed E-state index contributed by atoms with van der Waals surface area (Å²) in [7, 11) is -3.56. The van der Waals surface area contributed by atoms with Gasteiger partial charge in [0.25, 0.3) is 0 Å². The van der Waals surface area contributed by atoms with Gasteiger partial charge < -0.3 is 9.84 Å². The molecule has 0 fully saturated rings. The topological polar surface area (TPSA) is 101 Å². The van der Waals surface area contributed by atoms with Crippen LogP contribution in [0.25, 0.3) is 12.2 Å². The third kappa shape index (κ3) is 4.80. The van der Waals surface area contributed by atoms with E-state index in [-0.39, 0.29) is 10.8 Å². The van der Waals surface area contributed by atoms with Crippen LogP contribution in [0, 0.1) is 13.8 Å². The van der Waals surface area contributed by atoms with E-state index in [1.165, 1.54) is 6.92 Å². The first-order valence-electron chi connectivity index (χ1n) is 8.27. The van der Waals surface area contributed by atoms with Gasteiger partial charge in [-0.25, -0.2) is 13.1 Å². The summed E-state index contributed by atoms with van der Waals surface area (Å²) < 4.78 is 32.6. The number of nitrogens with zero attached hydrogens (tertiary/aromatic N) is 1. The van der Waals surface area contributed by atoms with Crippen LogP contribution in [0.4, 0.5) is 5.69 Å². The van der Waals surface area contributed by atoms with Crippen LogP contribution in [-0.2, 0) is 14.8 Å². The van der Waals surface area contributed by atoms with Gasteiger partial charge in [-0.2, -0.15) is 0 Å². The number of carbonyl (C=O) groups excluding carboxylic acids is 1. The molecule has 0 aliphatic heterocycles. The molecule has 0 bridgehead atoms. The lowest BCUT2D eigenvalue weighted by Gasteiger charge is -2.09. The van der Waals surface area contributed by atoms with Gasteiger partial charge in [-0.3, -0.25) is 4.79 Å². The maximum atomic E-state index is 12.4. The van der Waals surface area contributed by atoms with Crippen molar-refractivity contribution in [2.45, 2.75) is 39.0 Å². The predicted molar refractivity (Wildman–Crippen MR) is 101 cm³/mol. The van der Waals surface area contributed by atoms with Gasteiger partial charge in [-0.15, -0.1) is 0 Å². The lowest BCUT2D eigenvalue weighted by molar-refractivity contribution is -0.114. The average Bonchev–Trinajstić information content (AvgIpc) is 2.92. The van der Waals surface area contributed by atoms with E-state index in [2.05, 4.69) is 15.2 Å². The van der Waals surface area contributed by atoms with Crippen LogP contribution in [0.1, 0.15) is 42.8 Å². The molecular weight excluding hydrogens is 354 g/mol. The smallest absolute Gasteiger partial charge is 0.240 e. The normalized spacial score (nSPS) is 11.8. The molecule has 0 saturated heterocycles. The Bertz CT molecular complexity index is 930. The molecule has 2 rings (SSSR count). The first-order chi connectivity index (χ1) is 12.2. The fourth-order valence-electron chi connectivity index (χ4n) is 2.33. The minimum Gasteiger partial charge on any atom is -0.354 e. The van der Waals surface area contributed by atoms with Gasteiger partial charge in [-0.1, -0.05) is 30.3 Å². The number of aryl methyl sites for hydroxylation is 2. The summed E-state index contributed by atoms with van der Waals surface area (Å²) in [6.45, 7) is 7.17. The number of hydrogen-bond acceptors (Lipinski definition) is 5. The highest BCUT2D eigenvalue weighted by molar-refractivity contribution is 7.89.